The molecule has 0 radical (unpaired) electrons. The van der Waals surface area contributed by atoms with Crippen LogP contribution in [0.25, 0.3) is 0 Å². The van der Waals surface area contributed by atoms with Crippen LogP contribution >= 0.6 is 22.9 Å². The third kappa shape index (κ3) is 5.86. The summed E-state index contributed by atoms with van der Waals surface area (Å²) in [6, 6.07) is 8.65. The predicted octanol–water partition coefficient (Wildman–Crippen LogP) is 3.40. The second-order valence-electron chi connectivity index (χ2n) is 5.91. The van der Waals surface area contributed by atoms with Gasteiger partial charge in [0.25, 0.3) is 0 Å². The van der Waals surface area contributed by atoms with Crippen molar-refractivity contribution in [2.75, 3.05) is 32.1 Å². The molecule has 1 atom stereocenters. The van der Waals surface area contributed by atoms with Crippen LogP contribution in [0.5, 0.6) is 0 Å². The molecule has 2 rings (SSSR count). The van der Waals surface area contributed by atoms with Crippen molar-refractivity contribution in [2.24, 2.45) is 4.99 Å². The fourth-order valence-electron chi connectivity index (χ4n) is 2.32. The highest BCUT2D eigenvalue weighted by molar-refractivity contribution is 7.16. The van der Waals surface area contributed by atoms with Crippen molar-refractivity contribution in [1.29, 1.82) is 0 Å². The average Bonchev–Trinajstić information content (AvgIpc) is 3.03. The number of hydrogen-bond acceptors (Lipinski definition) is 4. The van der Waals surface area contributed by atoms with Crippen molar-refractivity contribution in [3.63, 3.8) is 0 Å². The van der Waals surface area contributed by atoms with Gasteiger partial charge in [-0.3, -0.25) is 0 Å². The zero-order valence-electron chi connectivity index (χ0n) is 15.1. The molecule has 0 saturated heterocycles. The maximum Gasteiger partial charge on any atom is 0.191 e. The first kappa shape index (κ1) is 20.5. The smallest absolute Gasteiger partial charge is 0.191 e. The molecule has 0 spiro atoms. The SMILES string of the molecule is CCNC(=NCc1ccc(N(C)C)c(F)c1)NCC(O)c1ccc(Cl)s1. The van der Waals surface area contributed by atoms with E-state index in [1.54, 1.807) is 37.2 Å². The second-order valence-corrected chi connectivity index (χ2v) is 7.66. The lowest BCUT2D eigenvalue weighted by atomic mass is 10.2. The molecule has 1 aromatic heterocycles. The first-order valence-electron chi connectivity index (χ1n) is 8.32. The Morgan fingerprint density at radius 2 is 2.08 bits per heavy atom. The third-order valence-electron chi connectivity index (χ3n) is 3.64. The first-order valence-corrected chi connectivity index (χ1v) is 9.51. The van der Waals surface area contributed by atoms with E-state index in [1.165, 1.54) is 17.4 Å². The number of halogens is 2. The van der Waals surface area contributed by atoms with Gasteiger partial charge in [0, 0.05) is 32.1 Å². The van der Waals surface area contributed by atoms with Crippen LogP contribution in [0, 0.1) is 5.82 Å². The van der Waals surface area contributed by atoms with E-state index < -0.39 is 6.10 Å². The van der Waals surface area contributed by atoms with Crippen LogP contribution in [0.2, 0.25) is 4.34 Å². The van der Waals surface area contributed by atoms with Gasteiger partial charge >= 0.3 is 0 Å². The van der Waals surface area contributed by atoms with E-state index in [-0.39, 0.29) is 5.82 Å². The number of thiophene rings is 1. The van der Waals surface area contributed by atoms with Gasteiger partial charge in [0.1, 0.15) is 11.9 Å². The molecule has 1 aromatic carbocycles. The summed E-state index contributed by atoms with van der Waals surface area (Å²) in [5, 5.41) is 16.4. The van der Waals surface area contributed by atoms with Crippen LogP contribution in [0.15, 0.2) is 35.3 Å². The molecule has 0 aliphatic carbocycles. The van der Waals surface area contributed by atoms with Crippen LogP contribution in [-0.2, 0) is 6.54 Å². The van der Waals surface area contributed by atoms with E-state index >= 15 is 0 Å². The molecule has 26 heavy (non-hydrogen) atoms. The van der Waals surface area contributed by atoms with E-state index in [0.29, 0.717) is 35.6 Å². The predicted molar refractivity (Wildman–Crippen MR) is 108 cm³/mol. The fourth-order valence-corrected chi connectivity index (χ4v) is 3.37. The second kappa shape index (κ2) is 9.75. The summed E-state index contributed by atoms with van der Waals surface area (Å²) in [4.78, 5) is 6.97. The monoisotopic (exact) mass is 398 g/mol. The van der Waals surface area contributed by atoms with Gasteiger partial charge in [-0.2, -0.15) is 0 Å². The molecular weight excluding hydrogens is 375 g/mol. The summed E-state index contributed by atoms with van der Waals surface area (Å²) >= 11 is 7.24. The number of nitrogens with one attached hydrogen (secondary N) is 2. The lowest BCUT2D eigenvalue weighted by Crippen LogP contribution is -2.39. The molecule has 8 heteroatoms. The summed E-state index contributed by atoms with van der Waals surface area (Å²) in [7, 11) is 3.60. The van der Waals surface area contributed by atoms with Crippen molar-refractivity contribution in [3.05, 3.63) is 50.9 Å². The molecule has 1 unspecified atom stereocenters. The molecule has 0 bridgehead atoms. The zero-order valence-corrected chi connectivity index (χ0v) is 16.7. The fraction of sp³-hybridized carbons (Fsp3) is 0.389. The Hall–Kier alpha value is -1.83. The topological polar surface area (TPSA) is 59.9 Å². The lowest BCUT2D eigenvalue weighted by molar-refractivity contribution is 0.184. The Bertz CT molecular complexity index is 751. The number of nitrogens with zero attached hydrogens (tertiary/aromatic N) is 2. The van der Waals surface area contributed by atoms with Gasteiger partial charge in [0.15, 0.2) is 5.96 Å². The van der Waals surface area contributed by atoms with E-state index in [9.17, 15) is 9.50 Å². The number of rotatable bonds is 7. The zero-order chi connectivity index (χ0) is 19.1. The van der Waals surface area contributed by atoms with Crippen LogP contribution in [-0.4, -0.2) is 38.3 Å². The van der Waals surface area contributed by atoms with Crippen molar-refractivity contribution in [2.45, 2.75) is 19.6 Å². The average molecular weight is 399 g/mol. The van der Waals surface area contributed by atoms with Crippen LogP contribution < -0.4 is 15.5 Å². The molecule has 0 saturated carbocycles. The van der Waals surface area contributed by atoms with Crippen LogP contribution in [0.3, 0.4) is 0 Å². The standard InChI is InChI=1S/C18H24ClFN4OS/c1-4-21-18(23-11-15(25)16-7-8-17(19)26-16)22-10-12-5-6-14(24(2)3)13(20)9-12/h5-9,15,25H,4,10-11H2,1-3H3,(H2,21,22,23). The Kier molecular flexibility index (Phi) is 7.68. The van der Waals surface area contributed by atoms with Crippen molar-refractivity contribution < 1.29 is 9.50 Å². The van der Waals surface area contributed by atoms with Crippen LogP contribution in [0.4, 0.5) is 10.1 Å². The van der Waals surface area contributed by atoms with Gasteiger partial charge in [-0.15, -0.1) is 11.3 Å². The highest BCUT2D eigenvalue weighted by atomic mass is 35.5. The van der Waals surface area contributed by atoms with Crippen LogP contribution in [0.1, 0.15) is 23.5 Å². The summed E-state index contributed by atoms with van der Waals surface area (Å²) in [6.07, 6.45) is -0.673. The number of aliphatic imine (C=N–C) groups is 1. The van der Waals surface area contributed by atoms with E-state index in [4.69, 9.17) is 11.6 Å². The van der Waals surface area contributed by atoms with E-state index in [2.05, 4.69) is 15.6 Å². The minimum Gasteiger partial charge on any atom is -0.386 e. The molecular formula is C18H24ClFN4OS. The molecule has 0 amide bonds. The third-order valence-corrected chi connectivity index (χ3v) is 4.98. The van der Waals surface area contributed by atoms with Gasteiger partial charge in [-0.25, -0.2) is 9.38 Å². The van der Waals surface area contributed by atoms with E-state index in [1.807, 2.05) is 13.0 Å². The Morgan fingerprint density at radius 3 is 2.65 bits per heavy atom. The number of aliphatic hydroxyl groups excluding tert-OH is 1. The summed E-state index contributed by atoms with van der Waals surface area (Å²) in [5.74, 6) is 0.289. The Morgan fingerprint density at radius 1 is 1.31 bits per heavy atom. The molecule has 3 N–H and O–H groups in total. The molecule has 142 valence electrons. The van der Waals surface area contributed by atoms with E-state index in [0.717, 1.165) is 10.4 Å². The van der Waals surface area contributed by atoms with Crippen molar-refractivity contribution in [3.8, 4) is 0 Å². The minimum absolute atomic E-state index is 0.273. The Balaban J connectivity index is 1.98. The Labute approximate surface area is 162 Å². The molecule has 0 aliphatic rings. The molecule has 0 aliphatic heterocycles. The van der Waals surface area contributed by atoms with Crippen molar-refractivity contribution >= 4 is 34.6 Å². The number of anilines is 1. The van der Waals surface area contributed by atoms with Gasteiger partial charge in [-0.05, 0) is 36.8 Å². The lowest BCUT2D eigenvalue weighted by Gasteiger charge is -2.15. The molecule has 5 nitrogen and oxygen atoms in total. The van der Waals surface area contributed by atoms with Gasteiger partial charge in [0.2, 0.25) is 0 Å². The summed E-state index contributed by atoms with van der Waals surface area (Å²) < 4.78 is 14.7. The number of hydrogen-bond donors (Lipinski definition) is 3. The van der Waals surface area contributed by atoms with Gasteiger partial charge < -0.3 is 20.6 Å². The first-order chi connectivity index (χ1) is 12.4. The quantitative estimate of drug-likeness (QED) is 0.494. The normalized spacial score (nSPS) is 12.8. The van der Waals surface area contributed by atoms with Gasteiger partial charge in [0.05, 0.1) is 16.6 Å². The largest absolute Gasteiger partial charge is 0.386 e. The summed E-state index contributed by atoms with van der Waals surface area (Å²) in [6.45, 7) is 3.27. The number of aliphatic hydroxyl groups is 1. The minimum atomic E-state index is -0.673. The summed E-state index contributed by atoms with van der Waals surface area (Å²) in [5.41, 5.74) is 1.32. The number of benzene rings is 1. The highest BCUT2D eigenvalue weighted by Crippen LogP contribution is 2.26. The molecule has 1 heterocycles. The molecule has 2 aromatic rings. The number of guanidine groups is 1. The maximum absolute atomic E-state index is 14.1. The highest BCUT2D eigenvalue weighted by Gasteiger charge is 2.11. The maximum atomic E-state index is 14.1. The van der Waals surface area contributed by atoms with Crippen molar-refractivity contribution in [1.82, 2.24) is 10.6 Å². The molecule has 0 fully saturated rings. The van der Waals surface area contributed by atoms with Gasteiger partial charge in [-0.1, -0.05) is 17.7 Å².